The number of esters is 1. The fraction of sp³-hybridized carbons (Fsp3) is 0.364. The fourth-order valence-corrected chi connectivity index (χ4v) is 1.83. The Balaban J connectivity index is 2.54. The lowest BCUT2D eigenvalue weighted by molar-refractivity contribution is -0.150. The third kappa shape index (κ3) is 3.85. The summed E-state index contributed by atoms with van der Waals surface area (Å²) in [6.07, 6.45) is 1.98. The number of aliphatic hydroxyl groups is 1. The van der Waals surface area contributed by atoms with Gasteiger partial charge >= 0.3 is 5.97 Å². The van der Waals surface area contributed by atoms with Crippen molar-refractivity contribution in [1.82, 2.24) is 0 Å². The zero-order valence-electron chi connectivity index (χ0n) is 8.77. The second-order valence-corrected chi connectivity index (χ2v) is 4.32. The van der Waals surface area contributed by atoms with Crippen LogP contribution >= 0.6 is 11.3 Å². The molecule has 1 atom stereocenters. The predicted octanol–water partition coefficient (Wildman–Crippen LogP) is 1.99. The highest BCUT2D eigenvalue weighted by molar-refractivity contribution is 7.12. The minimum atomic E-state index is -1.17. The van der Waals surface area contributed by atoms with Crippen molar-refractivity contribution >= 4 is 23.4 Å². The molecule has 0 radical (unpaired) electrons. The zero-order valence-corrected chi connectivity index (χ0v) is 9.58. The number of carbonyl (C=O) groups is 1. The standard InChI is InChI=1S/C11H14O3S/c1-3-14-11(13)10(12)7-6-9-5-4-8(2)15-9/h4-7,10,12H,3H2,1-2H3/b7-6+/t10-/m0/s1. The van der Waals surface area contributed by atoms with Crippen molar-refractivity contribution in [3.63, 3.8) is 0 Å². The average Bonchev–Trinajstić information content (AvgIpc) is 2.61. The molecular formula is C11H14O3S. The monoisotopic (exact) mass is 226 g/mol. The Bertz CT molecular complexity index is 354. The van der Waals surface area contributed by atoms with Gasteiger partial charge in [-0.1, -0.05) is 0 Å². The molecule has 0 bridgehead atoms. The van der Waals surface area contributed by atoms with Crippen LogP contribution in [-0.4, -0.2) is 23.8 Å². The number of carbonyl (C=O) groups excluding carboxylic acids is 1. The van der Waals surface area contributed by atoms with Gasteiger partial charge in [0.05, 0.1) is 6.61 Å². The molecule has 0 aliphatic rings. The van der Waals surface area contributed by atoms with Gasteiger partial charge in [0.2, 0.25) is 0 Å². The summed E-state index contributed by atoms with van der Waals surface area (Å²) >= 11 is 1.60. The molecule has 1 aromatic rings. The Hall–Kier alpha value is -1.13. The lowest BCUT2D eigenvalue weighted by Gasteiger charge is -2.03. The van der Waals surface area contributed by atoms with Crippen LogP contribution < -0.4 is 0 Å². The third-order valence-corrected chi connectivity index (χ3v) is 2.70. The Kier molecular flexibility index (Phi) is 4.52. The van der Waals surface area contributed by atoms with Crippen LogP contribution in [0.3, 0.4) is 0 Å². The van der Waals surface area contributed by atoms with Crippen molar-refractivity contribution in [2.75, 3.05) is 6.61 Å². The van der Waals surface area contributed by atoms with E-state index in [2.05, 4.69) is 4.74 Å². The fourth-order valence-electron chi connectivity index (χ4n) is 1.04. The molecule has 1 N–H and O–H groups in total. The van der Waals surface area contributed by atoms with Crippen molar-refractivity contribution in [2.24, 2.45) is 0 Å². The number of ether oxygens (including phenoxy) is 1. The first kappa shape index (κ1) is 11.9. The molecule has 15 heavy (non-hydrogen) atoms. The molecule has 0 fully saturated rings. The summed E-state index contributed by atoms with van der Waals surface area (Å²) in [6, 6.07) is 3.93. The third-order valence-electron chi connectivity index (χ3n) is 1.73. The number of aliphatic hydroxyl groups excluding tert-OH is 1. The molecule has 0 aromatic carbocycles. The van der Waals surface area contributed by atoms with E-state index >= 15 is 0 Å². The molecule has 0 aliphatic carbocycles. The van der Waals surface area contributed by atoms with E-state index in [4.69, 9.17) is 0 Å². The number of thiophene rings is 1. The Morgan fingerprint density at radius 3 is 2.93 bits per heavy atom. The normalized spacial score (nSPS) is 13.0. The number of hydrogen-bond donors (Lipinski definition) is 1. The first-order valence-electron chi connectivity index (χ1n) is 4.73. The molecule has 82 valence electrons. The largest absolute Gasteiger partial charge is 0.464 e. The smallest absolute Gasteiger partial charge is 0.339 e. The van der Waals surface area contributed by atoms with E-state index < -0.39 is 12.1 Å². The van der Waals surface area contributed by atoms with Gasteiger partial charge in [-0.05, 0) is 38.1 Å². The van der Waals surface area contributed by atoms with Crippen LogP contribution in [0.25, 0.3) is 6.08 Å². The highest BCUT2D eigenvalue weighted by Crippen LogP contribution is 2.16. The summed E-state index contributed by atoms with van der Waals surface area (Å²) in [7, 11) is 0. The van der Waals surface area contributed by atoms with Gasteiger partial charge in [0.15, 0.2) is 6.10 Å². The summed E-state index contributed by atoms with van der Waals surface area (Å²) < 4.78 is 4.66. The molecule has 0 unspecified atom stereocenters. The number of rotatable bonds is 4. The maximum Gasteiger partial charge on any atom is 0.339 e. The van der Waals surface area contributed by atoms with Crippen LogP contribution in [0.1, 0.15) is 16.7 Å². The molecule has 1 aromatic heterocycles. The van der Waals surface area contributed by atoms with Crippen molar-refractivity contribution in [3.8, 4) is 0 Å². The van der Waals surface area contributed by atoms with E-state index in [1.54, 1.807) is 24.3 Å². The van der Waals surface area contributed by atoms with Gasteiger partial charge in [0.25, 0.3) is 0 Å². The Morgan fingerprint density at radius 2 is 2.40 bits per heavy atom. The van der Waals surface area contributed by atoms with Gasteiger partial charge in [-0.3, -0.25) is 0 Å². The lowest BCUT2D eigenvalue weighted by Crippen LogP contribution is -2.20. The maximum absolute atomic E-state index is 11.0. The first-order chi connectivity index (χ1) is 7.13. The molecule has 3 nitrogen and oxygen atoms in total. The summed E-state index contributed by atoms with van der Waals surface area (Å²) in [5.74, 6) is -0.609. The highest BCUT2D eigenvalue weighted by Gasteiger charge is 2.11. The molecule has 0 amide bonds. The van der Waals surface area contributed by atoms with Gasteiger partial charge in [0.1, 0.15) is 0 Å². The van der Waals surface area contributed by atoms with Crippen LogP contribution in [0.15, 0.2) is 18.2 Å². The van der Waals surface area contributed by atoms with Gasteiger partial charge in [-0.2, -0.15) is 0 Å². The zero-order chi connectivity index (χ0) is 11.3. The highest BCUT2D eigenvalue weighted by atomic mass is 32.1. The quantitative estimate of drug-likeness (QED) is 0.799. The van der Waals surface area contributed by atoms with Crippen LogP contribution in [0, 0.1) is 6.92 Å². The summed E-state index contributed by atoms with van der Waals surface area (Å²) in [6.45, 7) is 3.99. The van der Waals surface area contributed by atoms with E-state index in [0.29, 0.717) is 0 Å². The molecular weight excluding hydrogens is 212 g/mol. The van der Waals surface area contributed by atoms with Crippen molar-refractivity contribution in [3.05, 3.63) is 28.0 Å². The molecule has 0 saturated heterocycles. The second-order valence-electron chi connectivity index (χ2n) is 3.00. The predicted molar refractivity (Wildman–Crippen MR) is 60.7 cm³/mol. The van der Waals surface area contributed by atoms with Crippen molar-refractivity contribution in [2.45, 2.75) is 20.0 Å². The Labute approximate surface area is 93.0 Å². The second kappa shape index (κ2) is 5.68. The average molecular weight is 226 g/mol. The summed E-state index contributed by atoms with van der Waals surface area (Å²) in [5, 5.41) is 9.36. The molecule has 4 heteroatoms. The van der Waals surface area contributed by atoms with E-state index in [0.717, 1.165) is 4.88 Å². The molecule has 1 rings (SSSR count). The molecule has 0 spiro atoms. The minimum absolute atomic E-state index is 0.280. The van der Waals surface area contributed by atoms with E-state index in [9.17, 15) is 9.90 Å². The van der Waals surface area contributed by atoms with Crippen LogP contribution in [0.5, 0.6) is 0 Å². The van der Waals surface area contributed by atoms with Gasteiger partial charge < -0.3 is 9.84 Å². The van der Waals surface area contributed by atoms with Crippen LogP contribution in [-0.2, 0) is 9.53 Å². The van der Waals surface area contributed by atoms with Crippen LogP contribution in [0.2, 0.25) is 0 Å². The molecule has 1 heterocycles. The van der Waals surface area contributed by atoms with Crippen molar-refractivity contribution in [1.29, 1.82) is 0 Å². The topological polar surface area (TPSA) is 46.5 Å². The maximum atomic E-state index is 11.0. The Morgan fingerprint density at radius 1 is 1.67 bits per heavy atom. The van der Waals surface area contributed by atoms with E-state index in [1.165, 1.54) is 11.0 Å². The number of hydrogen-bond acceptors (Lipinski definition) is 4. The number of aryl methyl sites for hydroxylation is 1. The van der Waals surface area contributed by atoms with E-state index in [-0.39, 0.29) is 6.61 Å². The summed E-state index contributed by atoms with van der Waals surface area (Å²) in [4.78, 5) is 13.3. The summed E-state index contributed by atoms with van der Waals surface area (Å²) in [5.41, 5.74) is 0. The van der Waals surface area contributed by atoms with Crippen molar-refractivity contribution < 1.29 is 14.6 Å². The van der Waals surface area contributed by atoms with Gasteiger partial charge in [-0.15, -0.1) is 11.3 Å². The van der Waals surface area contributed by atoms with Crippen LogP contribution in [0.4, 0.5) is 0 Å². The molecule has 0 saturated carbocycles. The SMILES string of the molecule is CCOC(=O)[C@@H](O)/C=C/c1ccc(C)s1. The van der Waals surface area contributed by atoms with E-state index in [1.807, 2.05) is 19.1 Å². The first-order valence-corrected chi connectivity index (χ1v) is 5.54. The van der Waals surface area contributed by atoms with Gasteiger partial charge in [0, 0.05) is 9.75 Å². The lowest BCUT2D eigenvalue weighted by atomic mass is 10.3. The van der Waals surface area contributed by atoms with Gasteiger partial charge in [-0.25, -0.2) is 4.79 Å². The minimum Gasteiger partial charge on any atom is -0.464 e. The molecule has 0 aliphatic heterocycles.